The molecule has 14 heavy (non-hydrogen) atoms. The topological polar surface area (TPSA) is 21.6 Å². The number of rotatable bonds is 3. The van der Waals surface area contributed by atoms with Crippen molar-refractivity contribution in [3.63, 3.8) is 0 Å². The lowest BCUT2D eigenvalue weighted by Crippen LogP contribution is -2.13. The molecule has 1 atom stereocenters. The number of hydrogen-bond acceptors (Lipinski definition) is 2. The van der Waals surface area contributed by atoms with E-state index in [0.29, 0.717) is 15.8 Å². The van der Waals surface area contributed by atoms with Crippen LogP contribution in [0.4, 0.5) is 0 Å². The highest BCUT2D eigenvalue weighted by atomic mass is 35.5. The lowest BCUT2D eigenvalue weighted by Gasteiger charge is -2.12. The Morgan fingerprint density at radius 2 is 1.93 bits per heavy atom. The number of para-hydroxylation sites is 1. The largest absolute Gasteiger partial charge is 0.482 e. The van der Waals surface area contributed by atoms with E-state index in [4.69, 9.17) is 27.9 Å². The third-order valence-electron chi connectivity index (χ3n) is 1.58. The minimum atomic E-state index is -0.141. The predicted molar refractivity (Wildman–Crippen MR) is 61.0 cm³/mol. The number of hydrogen-bond donors (Lipinski definition) is 0. The van der Waals surface area contributed by atoms with Crippen LogP contribution in [-0.2, 0) is 0 Å². The molecule has 0 heterocycles. The van der Waals surface area contributed by atoms with E-state index in [-0.39, 0.29) is 6.10 Å². The first-order valence-electron chi connectivity index (χ1n) is 4.18. The average molecular weight is 232 g/mol. The second-order valence-corrected chi connectivity index (χ2v) is 3.60. The van der Waals surface area contributed by atoms with E-state index >= 15 is 0 Å². The number of ether oxygens (including phenoxy) is 1. The van der Waals surface area contributed by atoms with Gasteiger partial charge in [-0.15, -0.1) is 0 Å². The molecule has 0 aromatic heterocycles. The van der Waals surface area contributed by atoms with Crippen LogP contribution in [-0.4, -0.2) is 19.4 Å². The number of halogens is 2. The van der Waals surface area contributed by atoms with Crippen molar-refractivity contribution < 1.29 is 4.74 Å². The molecule has 0 fully saturated rings. The van der Waals surface area contributed by atoms with Gasteiger partial charge in [-0.05, 0) is 19.1 Å². The van der Waals surface area contributed by atoms with Crippen LogP contribution in [0.3, 0.4) is 0 Å². The van der Waals surface area contributed by atoms with Gasteiger partial charge in [0.15, 0.2) is 5.75 Å². The quantitative estimate of drug-likeness (QED) is 0.731. The molecule has 1 unspecified atom stereocenters. The van der Waals surface area contributed by atoms with Gasteiger partial charge in [-0.25, -0.2) is 0 Å². The summed E-state index contributed by atoms with van der Waals surface area (Å²) in [4.78, 5) is 3.85. The summed E-state index contributed by atoms with van der Waals surface area (Å²) in [5, 5.41) is 1.02. The highest BCUT2D eigenvalue weighted by Gasteiger charge is 2.08. The standard InChI is InChI=1S/C10H11Cl2NO/c1-7(6-13-2)14-10-8(11)4-3-5-9(10)12/h3-7H,1-2H3. The van der Waals surface area contributed by atoms with Crippen molar-refractivity contribution in [3.05, 3.63) is 28.2 Å². The minimum Gasteiger partial charge on any atom is -0.482 e. The third kappa shape index (κ3) is 2.89. The smallest absolute Gasteiger partial charge is 0.157 e. The number of aliphatic imine (C=N–C) groups is 1. The minimum absolute atomic E-state index is 0.141. The van der Waals surface area contributed by atoms with Crippen molar-refractivity contribution >= 4 is 29.4 Å². The van der Waals surface area contributed by atoms with Crippen molar-refractivity contribution in [2.45, 2.75) is 13.0 Å². The van der Waals surface area contributed by atoms with Gasteiger partial charge in [0.25, 0.3) is 0 Å². The maximum Gasteiger partial charge on any atom is 0.157 e. The molecule has 0 bridgehead atoms. The Balaban J connectivity index is 2.85. The molecule has 1 aromatic carbocycles. The molecule has 0 spiro atoms. The molecule has 4 heteroatoms. The van der Waals surface area contributed by atoms with Gasteiger partial charge in [-0.3, -0.25) is 4.99 Å². The first-order valence-corrected chi connectivity index (χ1v) is 4.93. The van der Waals surface area contributed by atoms with Gasteiger partial charge in [0.2, 0.25) is 0 Å². The summed E-state index contributed by atoms with van der Waals surface area (Å²) in [7, 11) is 1.69. The van der Waals surface area contributed by atoms with E-state index in [0.717, 1.165) is 0 Å². The molecule has 0 aliphatic rings. The molecule has 1 rings (SSSR count). The monoisotopic (exact) mass is 231 g/mol. The number of nitrogens with zero attached hydrogens (tertiary/aromatic N) is 1. The van der Waals surface area contributed by atoms with E-state index in [1.54, 1.807) is 31.5 Å². The predicted octanol–water partition coefficient (Wildman–Crippen LogP) is 3.46. The van der Waals surface area contributed by atoms with Gasteiger partial charge in [0.1, 0.15) is 6.10 Å². The fourth-order valence-corrected chi connectivity index (χ4v) is 1.51. The Morgan fingerprint density at radius 3 is 2.43 bits per heavy atom. The molecule has 0 amide bonds. The van der Waals surface area contributed by atoms with Crippen LogP contribution in [0.25, 0.3) is 0 Å². The first kappa shape index (κ1) is 11.3. The lowest BCUT2D eigenvalue weighted by molar-refractivity contribution is 0.292. The fourth-order valence-electron chi connectivity index (χ4n) is 1.02. The SMILES string of the molecule is CN=CC(C)Oc1c(Cl)cccc1Cl. The maximum atomic E-state index is 5.92. The lowest BCUT2D eigenvalue weighted by atomic mass is 10.3. The first-order chi connectivity index (χ1) is 6.65. The van der Waals surface area contributed by atoms with Crippen molar-refractivity contribution in [1.29, 1.82) is 0 Å². The second-order valence-electron chi connectivity index (χ2n) is 2.78. The van der Waals surface area contributed by atoms with Crippen molar-refractivity contribution in [2.24, 2.45) is 4.99 Å². The Labute approximate surface area is 93.5 Å². The molecule has 0 aliphatic heterocycles. The summed E-state index contributed by atoms with van der Waals surface area (Å²) in [6, 6.07) is 5.24. The van der Waals surface area contributed by atoms with Gasteiger partial charge in [0.05, 0.1) is 10.0 Å². The Hall–Kier alpha value is -0.730. The second kappa shape index (κ2) is 5.23. The normalized spacial score (nSPS) is 13.1. The molecule has 0 saturated carbocycles. The Bertz CT molecular complexity index is 319. The van der Waals surface area contributed by atoms with Crippen LogP contribution < -0.4 is 4.74 Å². The molecule has 0 saturated heterocycles. The summed E-state index contributed by atoms with van der Waals surface area (Å²) in [5.41, 5.74) is 0. The molecular weight excluding hydrogens is 221 g/mol. The van der Waals surface area contributed by atoms with E-state index in [1.807, 2.05) is 6.92 Å². The Morgan fingerprint density at radius 1 is 1.36 bits per heavy atom. The van der Waals surface area contributed by atoms with Crippen LogP contribution >= 0.6 is 23.2 Å². The molecule has 2 nitrogen and oxygen atoms in total. The molecule has 0 N–H and O–H groups in total. The van der Waals surface area contributed by atoms with Crippen LogP contribution in [0.5, 0.6) is 5.75 Å². The summed E-state index contributed by atoms with van der Waals surface area (Å²) in [6.07, 6.45) is 1.54. The zero-order valence-corrected chi connectivity index (χ0v) is 9.51. The van der Waals surface area contributed by atoms with Crippen LogP contribution in [0.1, 0.15) is 6.92 Å². The van der Waals surface area contributed by atoms with E-state index in [1.165, 1.54) is 0 Å². The third-order valence-corrected chi connectivity index (χ3v) is 2.18. The van der Waals surface area contributed by atoms with E-state index in [2.05, 4.69) is 4.99 Å². The number of benzene rings is 1. The summed E-state index contributed by atoms with van der Waals surface area (Å²) in [5.74, 6) is 0.503. The molecular formula is C10H11Cl2NO. The molecule has 0 radical (unpaired) electrons. The summed E-state index contributed by atoms with van der Waals surface area (Å²) >= 11 is 11.8. The van der Waals surface area contributed by atoms with E-state index < -0.39 is 0 Å². The van der Waals surface area contributed by atoms with Crippen molar-refractivity contribution in [1.82, 2.24) is 0 Å². The molecule has 1 aromatic rings. The summed E-state index contributed by atoms with van der Waals surface area (Å²) in [6.45, 7) is 1.87. The Kier molecular flexibility index (Phi) is 4.23. The van der Waals surface area contributed by atoms with Gasteiger partial charge < -0.3 is 4.74 Å². The van der Waals surface area contributed by atoms with Gasteiger partial charge in [-0.1, -0.05) is 29.3 Å². The summed E-state index contributed by atoms with van der Waals surface area (Å²) < 4.78 is 5.50. The molecule has 76 valence electrons. The maximum absolute atomic E-state index is 5.92. The van der Waals surface area contributed by atoms with Crippen molar-refractivity contribution in [3.8, 4) is 5.75 Å². The highest BCUT2D eigenvalue weighted by Crippen LogP contribution is 2.32. The molecule has 0 aliphatic carbocycles. The van der Waals surface area contributed by atoms with Gasteiger partial charge >= 0.3 is 0 Å². The van der Waals surface area contributed by atoms with Crippen molar-refractivity contribution in [2.75, 3.05) is 7.05 Å². The fraction of sp³-hybridized carbons (Fsp3) is 0.300. The van der Waals surface area contributed by atoms with Crippen LogP contribution in [0.15, 0.2) is 23.2 Å². The van der Waals surface area contributed by atoms with E-state index in [9.17, 15) is 0 Å². The van der Waals surface area contributed by atoms with Gasteiger partial charge in [0, 0.05) is 13.3 Å². The highest BCUT2D eigenvalue weighted by molar-refractivity contribution is 6.37. The zero-order valence-electron chi connectivity index (χ0n) is 8.00. The average Bonchev–Trinajstić information content (AvgIpc) is 2.12. The zero-order chi connectivity index (χ0) is 10.6. The van der Waals surface area contributed by atoms with Gasteiger partial charge in [-0.2, -0.15) is 0 Å². The van der Waals surface area contributed by atoms with Crippen LogP contribution in [0, 0.1) is 0 Å². The van der Waals surface area contributed by atoms with Crippen LogP contribution in [0.2, 0.25) is 10.0 Å².